The van der Waals surface area contributed by atoms with Crippen molar-refractivity contribution in [3.8, 4) is 0 Å². The highest BCUT2D eigenvalue weighted by atomic mass is 79.9. The van der Waals surface area contributed by atoms with Crippen LogP contribution in [0, 0.1) is 0 Å². The maximum absolute atomic E-state index is 3.58. The molecule has 0 radical (unpaired) electrons. The van der Waals surface area contributed by atoms with E-state index in [0.29, 0.717) is 5.92 Å². The molecule has 0 aliphatic carbocycles. The third-order valence-electron chi connectivity index (χ3n) is 3.13. The number of rotatable bonds is 1. The zero-order valence-electron chi connectivity index (χ0n) is 8.39. The lowest BCUT2D eigenvalue weighted by Gasteiger charge is -2.03. The van der Waals surface area contributed by atoms with E-state index in [4.69, 9.17) is 0 Å². The van der Waals surface area contributed by atoms with Gasteiger partial charge in [-0.05, 0) is 31.2 Å². The van der Waals surface area contributed by atoms with Gasteiger partial charge in [0.2, 0.25) is 0 Å². The molecule has 1 aromatic heterocycles. The minimum atomic E-state index is 0.657. The fraction of sp³-hybridized carbons (Fsp3) is 0.333. The van der Waals surface area contributed by atoms with E-state index in [9.17, 15) is 0 Å². The van der Waals surface area contributed by atoms with Crippen LogP contribution in [0.1, 0.15) is 18.0 Å². The first kappa shape index (κ1) is 9.43. The van der Waals surface area contributed by atoms with Crippen molar-refractivity contribution < 1.29 is 0 Å². The van der Waals surface area contributed by atoms with E-state index in [1.54, 1.807) is 0 Å². The molecule has 1 aliphatic rings. The van der Waals surface area contributed by atoms with Gasteiger partial charge in [-0.2, -0.15) is 0 Å². The van der Waals surface area contributed by atoms with Crippen molar-refractivity contribution in [2.45, 2.75) is 12.3 Å². The topological polar surface area (TPSA) is 27.8 Å². The number of aromatic nitrogens is 1. The van der Waals surface area contributed by atoms with E-state index in [0.717, 1.165) is 13.1 Å². The molecule has 3 heteroatoms. The van der Waals surface area contributed by atoms with E-state index in [-0.39, 0.29) is 0 Å². The summed E-state index contributed by atoms with van der Waals surface area (Å²) in [7, 11) is 0. The summed E-state index contributed by atoms with van der Waals surface area (Å²) in [5, 5.41) is 4.69. The lowest BCUT2D eigenvalue weighted by atomic mass is 10.1. The van der Waals surface area contributed by atoms with Crippen LogP contribution < -0.4 is 5.32 Å². The Bertz CT molecular complexity index is 483. The highest BCUT2D eigenvalue weighted by Crippen LogP contribution is 2.29. The van der Waals surface area contributed by atoms with Crippen LogP contribution in [0.5, 0.6) is 0 Å². The van der Waals surface area contributed by atoms with Crippen molar-refractivity contribution in [2.75, 3.05) is 13.1 Å². The molecule has 0 bridgehead atoms. The second-order valence-corrected chi connectivity index (χ2v) is 4.97. The first-order valence-electron chi connectivity index (χ1n) is 5.32. The van der Waals surface area contributed by atoms with Gasteiger partial charge in [0.25, 0.3) is 0 Å². The fourth-order valence-corrected chi connectivity index (χ4v) is 2.76. The number of benzene rings is 1. The molecule has 0 spiro atoms. The molecule has 0 amide bonds. The van der Waals surface area contributed by atoms with Gasteiger partial charge >= 0.3 is 0 Å². The van der Waals surface area contributed by atoms with Crippen LogP contribution in [-0.2, 0) is 0 Å². The summed E-state index contributed by atoms with van der Waals surface area (Å²) < 4.78 is 1.17. The van der Waals surface area contributed by atoms with E-state index in [1.165, 1.54) is 27.5 Å². The summed E-state index contributed by atoms with van der Waals surface area (Å²) in [4.78, 5) is 3.51. The molecule has 1 saturated heterocycles. The molecule has 78 valence electrons. The number of nitrogens with one attached hydrogen (secondary N) is 2. The van der Waals surface area contributed by atoms with Crippen molar-refractivity contribution in [2.24, 2.45) is 0 Å². The number of fused-ring (bicyclic) bond motifs is 1. The largest absolute Gasteiger partial charge is 0.358 e. The van der Waals surface area contributed by atoms with Crippen LogP contribution in [0.4, 0.5) is 0 Å². The SMILES string of the molecule is Brc1cccc2[nH]c([C@H]3CCNC3)cc12. The highest BCUT2D eigenvalue weighted by Gasteiger charge is 2.18. The van der Waals surface area contributed by atoms with Crippen molar-refractivity contribution in [3.05, 3.63) is 34.4 Å². The second-order valence-electron chi connectivity index (χ2n) is 4.12. The molecule has 1 fully saturated rings. The summed E-state index contributed by atoms with van der Waals surface area (Å²) in [6, 6.07) is 8.56. The molecule has 0 saturated carbocycles. The number of aromatic amines is 1. The maximum Gasteiger partial charge on any atom is 0.0467 e. The zero-order valence-corrected chi connectivity index (χ0v) is 9.97. The van der Waals surface area contributed by atoms with Gasteiger partial charge in [-0.25, -0.2) is 0 Å². The van der Waals surface area contributed by atoms with Crippen LogP contribution in [0.25, 0.3) is 10.9 Å². The first-order valence-corrected chi connectivity index (χ1v) is 6.12. The van der Waals surface area contributed by atoms with Crippen LogP contribution in [0.2, 0.25) is 0 Å². The number of H-pyrrole nitrogens is 1. The molecule has 3 rings (SSSR count). The molecule has 2 aromatic rings. The number of hydrogen-bond acceptors (Lipinski definition) is 1. The Hall–Kier alpha value is -0.800. The molecular weight excluding hydrogens is 252 g/mol. The minimum Gasteiger partial charge on any atom is -0.358 e. The Labute approximate surface area is 97.2 Å². The summed E-state index contributed by atoms with van der Waals surface area (Å²) in [5.74, 6) is 0.657. The fourth-order valence-electron chi connectivity index (χ4n) is 2.28. The normalized spacial score (nSPS) is 21.3. The lowest BCUT2D eigenvalue weighted by Crippen LogP contribution is -2.07. The summed E-state index contributed by atoms with van der Waals surface area (Å²) in [5.41, 5.74) is 2.59. The maximum atomic E-state index is 3.58. The minimum absolute atomic E-state index is 0.657. The predicted octanol–water partition coefficient (Wildman–Crippen LogP) is 3.01. The molecule has 1 atom stereocenters. The quantitative estimate of drug-likeness (QED) is 0.815. The van der Waals surface area contributed by atoms with Gasteiger partial charge in [0.05, 0.1) is 0 Å². The van der Waals surface area contributed by atoms with Gasteiger partial charge in [-0.15, -0.1) is 0 Å². The van der Waals surface area contributed by atoms with Crippen molar-refractivity contribution >= 4 is 26.8 Å². The van der Waals surface area contributed by atoms with E-state index >= 15 is 0 Å². The standard InChI is InChI=1S/C12H13BrN2/c13-10-2-1-3-11-9(10)6-12(15-11)8-4-5-14-7-8/h1-3,6,8,14-15H,4-5,7H2/t8-/m0/s1. The zero-order chi connectivity index (χ0) is 10.3. The molecular formula is C12H13BrN2. The molecule has 1 aromatic carbocycles. The third kappa shape index (κ3) is 1.60. The van der Waals surface area contributed by atoms with E-state index in [1.807, 2.05) is 0 Å². The van der Waals surface area contributed by atoms with Crippen molar-refractivity contribution in [1.82, 2.24) is 10.3 Å². The van der Waals surface area contributed by atoms with Gasteiger partial charge in [0, 0.05) is 33.5 Å². The van der Waals surface area contributed by atoms with Crippen LogP contribution >= 0.6 is 15.9 Å². The Morgan fingerprint density at radius 2 is 2.27 bits per heavy atom. The predicted molar refractivity (Wildman–Crippen MR) is 66.2 cm³/mol. The Kier molecular flexibility index (Phi) is 2.29. The van der Waals surface area contributed by atoms with Gasteiger partial charge in [-0.1, -0.05) is 22.0 Å². The molecule has 2 N–H and O–H groups in total. The Morgan fingerprint density at radius 1 is 1.33 bits per heavy atom. The average Bonchev–Trinajstić information content (AvgIpc) is 2.86. The van der Waals surface area contributed by atoms with Crippen LogP contribution in [0.3, 0.4) is 0 Å². The molecule has 2 heterocycles. The Balaban J connectivity index is 2.09. The first-order chi connectivity index (χ1) is 7.34. The second kappa shape index (κ2) is 3.65. The monoisotopic (exact) mass is 264 g/mol. The third-order valence-corrected chi connectivity index (χ3v) is 3.82. The van der Waals surface area contributed by atoms with Gasteiger partial charge in [0.15, 0.2) is 0 Å². The molecule has 15 heavy (non-hydrogen) atoms. The lowest BCUT2D eigenvalue weighted by molar-refractivity contribution is 0.743. The molecule has 2 nitrogen and oxygen atoms in total. The van der Waals surface area contributed by atoms with Crippen molar-refractivity contribution in [3.63, 3.8) is 0 Å². The van der Waals surface area contributed by atoms with Crippen LogP contribution in [0.15, 0.2) is 28.7 Å². The van der Waals surface area contributed by atoms with E-state index in [2.05, 4.69) is 50.5 Å². The Morgan fingerprint density at radius 3 is 3.00 bits per heavy atom. The molecule has 1 aliphatic heterocycles. The number of hydrogen-bond donors (Lipinski definition) is 2. The van der Waals surface area contributed by atoms with Gasteiger partial charge < -0.3 is 10.3 Å². The van der Waals surface area contributed by atoms with Gasteiger partial charge in [0.1, 0.15) is 0 Å². The molecule has 0 unspecified atom stereocenters. The summed E-state index contributed by atoms with van der Waals surface area (Å²) in [6.45, 7) is 2.24. The number of halogens is 1. The highest BCUT2D eigenvalue weighted by molar-refractivity contribution is 9.10. The van der Waals surface area contributed by atoms with Gasteiger partial charge in [-0.3, -0.25) is 0 Å². The smallest absolute Gasteiger partial charge is 0.0467 e. The van der Waals surface area contributed by atoms with E-state index < -0.39 is 0 Å². The average molecular weight is 265 g/mol. The van der Waals surface area contributed by atoms with Crippen LogP contribution in [-0.4, -0.2) is 18.1 Å². The van der Waals surface area contributed by atoms with Crippen molar-refractivity contribution in [1.29, 1.82) is 0 Å². The summed E-state index contributed by atoms with van der Waals surface area (Å²) >= 11 is 3.58. The summed E-state index contributed by atoms with van der Waals surface area (Å²) in [6.07, 6.45) is 1.24.